The number of hydrogen-bond donors (Lipinski definition) is 2. The van der Waals surface area contributed by atoms with Gasteiger partial charge in [-0.1, -0.05) is 6.92 Å². The number of aliphatic carboxylic acids is 1. The van der Waals surface area contributed by atoms with E-state index in [-0.39, 0.29) is 6.42 Å². The molecule has 0 spiro atoms. The number of hydrogen-bond acceptors (Lipinski definition) is 3. The third-order valence-corrected chi connectivity index (χ3v) is 1.22. The molecular formula is C9H21NO3. The van der Waals surface area contributed by atoms with Crippen molar-refractivity contribution in [1.82, 2.24) is 4.90 Å². The van der Waals surface area contributed by atoms with Gasteiger partial charge in [-0.15, -0.1) is 0 Å². The van der Waals surface area contributed by atoms with E-state index in [1.54, 1.807) is 0 Å². The topological polar surface area (TPSA) is 60.8 Å². The summed E-state index contributed by atoms with van der Waals surface area (Å²) in [5.41, 5.74) is 0. The maximum Gasteiger partial charge on any atom is 0.303 e. The van der Waals surface area contributed by atoms with Crippen LogP contribution in [-0.4, -0.2) is 48.3 Å². The number of aliphatic hydroxyl groups excluding tert-OH is 1. The van der Waals surface area contributed by atoms with Gasteiger partial charge in [0.25, 0.3) is 0 Å². The maximum absolute atomic E-state index is 9.96. The number of nitrogens with zero attached hydrogens (tertiary/aromatic N) is 1. The highest BCUT2D eigenvalue weighted by Crippen LogP contribution is 1.89. The van der Waals surface area contributed by atoms with Gasteiger partial charge in [-0.25, -0.2) is 0 Å². The molecule has 0 rings (SSSR count). The molecule has 2 N–H and O–H groups in total. The lowest BCUT2D eigenvalue weighted by atomic mass is 10.3. The quantitative estimate of drug-likeness (QED) is 0.675. The van der Waals surface area contributed by atoms with E-state index >= 15 is 0 Å². The van der Waals surface area contributed by atoms with Crippen molar-refractivity contribution in [3.63, 3.8) is 0 Å². The Morgan fingerprint density at radius 3 is 2.08 bits per heavy atom. The first-order valence-corrected chi connectivity index (χ1v) is 4.52. The zero-order valence-electron chi connectivity index (χ0n) is 8.79. The molecule has 0 aliphatic rings. The normalized spacial score (nSPS) is 9.31. The van der Waals surface area contributed by atoms with Crippen LogP contribution in [0, 0.1) is 0 Å². The molecule has 0 aromatic heterocycles. The van der Waals surface area contributed by atoms with Crippen LogP contribution in [0.4, 0.5) is 0 Å². The van der Waals surface area contributed by atoms with E-state index in [2.05, 4.69) is 0 Å². The second-order valence-corrected chi connectivity index (χ2v) is 3.02. The Kier molecular flexibility index (Phi) is 13.0. The fourth-order valence-electron chi connectivity index (χ4n) is 0.547. The second-order valence-electron chi connectivity index (χ2n) is 3.02. The predicted octanol–water partition coefficient (Wildman–Crippen LogP) is 0.802. The molecule has 0 unspecified atom stereocenters. The predicted molar refractivity (Wildman–Crippen MR) is 52.8 cm³/mol. The van der Waals surface area contributed by atoms with Gasteiger partial charge in [0.1, 0.15) is 0 Å². The van der Waals surface area contributed by atoms with Crippen LogP contribution < -0.4 is 0 Å². The first kappa shape index (κ1) is 14.9. The summed E-state index contributed by atoms with van der Waals surface area (Å²) in [5.74, 6) is -0.711. The van der Waals surface area contributed by atoms with Gasteiger partial charge in [0.2, 0.25) is 0 Å². The molecule has 0 aromatic carbocycles. The minimum Gasteiger partial charge on any atom is -0.481 e. The van der Waals surface area contributed by atoms with Gasteiger partial charge in [0.05, 0.1) is 0 Å². The molecule has 4 heteroatoms. The molecule has 0 fully saturated rings. The van der Waals surface area contributed by atoms with Gasteiger partial charge in [0, 0.05) is 13.0 Å². The number of carboxylic acids is 1. The van der Waals surface area contributed by atoms with Crippen LogP contribution in [0.1, 0.15) is 26.2 Å². The molecule has 0 heterocycles. The summed E-state index contributed by atoms with van der Waals surface area (Å²) in [6, 6.07) is 0. The lowest BCUT2D eigenvalue weighted by Crippen LogP contribution is -2.13. The monoisotopic (exact) mass is 191 g/mol. The maximum atomic E-state index is 9.96. The van der Waals surface area contributed by atoms with Gasteiger partial charge in [-0.3, -0.25) is 4.79 Å². The summed E-state index contributed by atoms with van der Waals surface area (Å²) in [4.78, 5) is 11.9. The molecule has 0 amide bonds. The van der Waals surface area contributed by atoms with Crippen molar-refractivity contribution in [2.75, 3.05) is 27.2 Å². The summed E-state index contributed by atoms with van der Waals surface area (Å²) in [6.07, 6.45) is 1.89. The van der Waals surface area contributed by atoms with E-state index in [0.717, 1.165) is 19.4 Å². The molecule has 0 atom stereocenters. The summed E-state index contributed by atoms with van der Waals surface area (Å²) >= 11 is 0. The van der Waals surface area contributed by atoms with Crippen molar-refractivity contribution < 1.29 is 15.0 Å². The molecule has 0 radical (unpaired) electrons. The fourth-order valence-corrected chi connectivity index (χ4v) is 0.547. The summed E-state index contributed by atoms with van der Waals surface area (Å²) in [6.45, 7) is 3.10. The van der Waals surface area contributed by atoms with Gasteiger partial charge in [0.15, 0.2) is 0 Å². The minimum absolute atomic E-state index is 0.276. The Hall–Kier alpha value is -0.610. The summed E-state index contributed by atoms with van der Waals surface area (Å²) < 4.78 is 0. The highest BCUT2D eigenvalue weighted by molar-refractivity contribution is 5.66. The number of carboxylic acid groups (broad SMARTS) is 1. The molecule has 13 heavy (non-hydrogen) atoms. The molecule has 0 saturated carbocycles. The Morgan fingerprint density at radius 1 is 1.38 bits per heavy atom. The van der Waals surface area contributed by atoms with Crippen molar-refractivity contribution in [2.24, 2.45) is 0 Å². The second kappa shape index (κ2) is 11.4. The summed E-state index contributed by atoms with van der Waals surface area (Å²) in [7, 11) is 3.86. The Labute approximate surface area is 80.2 Å². The number of carbonyl (C=O) groups is 1. The average Bonchev–Trinajstić information content (AvgIpc) is 2.03. The van der Waals surface area contributed by atoms with E-state index in [0.29, 0.717) is 6.61 Å². The van der Waals surface area contributed by atoms with E-state index in [9.17, 15) is 4.79 Å². The first-order valence-electron chi connectivity index (χ1n) is 4.52. The SMILES string of the molecule is CCCO.CN(C)CCCC(=O)O. The Balaban J connectivity index is 0. The average molecular weight is 191 g/mol. The van der Waals surface area contributed by atoms with Crippen molar-refractivity contribution in [1.29, 1.82) is 0 Å². The van der Waals surface area contributed by atoms with Crippen molar-refractivity contribution in [3.05, 3.63) is 0 Å². The highest BCUT2D eigenvalue weighted by Gasteiger charge is 1.95. The molecule has 0 bridgehead atoms. The molecule has 0 aromatic rings. The zero-order chi connectivity index (χ0) is 10.7. The van der Waals surface area contributed by atoms with E-state index in [4.69, 9.17) is 10.2 Å². The van der Waals surface area contributed by atoms with Crippen LogP contribution in [-0.2, 0) is 4.79 Å². The van der Waals surface area contributed by atoms with E-state index in [1.165, 1.54) is 0 Å². The van der Waals surface area contributed by atoms with Crippen LogP contribution >= 0.6 is 0 Å². The van der Waals surface area contributed by atoms with Crippen LogP contribution in [0.3, 0.4) is 0 Å². The molecule has 0 aliphatic heterocycles. The standard InChI is InChI=1S/C6H13NO2.C3H8O/c1-7(2)5-3-4-6(8)9;1-2-3-4/h3-5H2,1-2H3,(H,8,9);4H,2-3H2,1H3. The van der Waals surface area contributed by atoms with Crippen LogP contribution in [0.25, 0.3) is 0 Å². The van der Waals surface area contributed by atoms with Crippen LogP contribution in [0.2, 0.25) is 0 Å². The Bertz CT molecular complexity index is 113. The first-order chi connectivity index (χ1) is 6.04. The largest absolute Gasteiger partial charge is 0.481 e. The molecule has 0 aliphatic carbocycles. The lowest BCUT2D eigenvalue weighted by molar-refractivity contribution is -0.137. The van der Waals surface area contributed by atoms with Gasteiger partial charge >= 0.3 is 5.97 Å². The summed E-state index contributed by atoms with van der Waals surface area (Å²) in [5, 5.41) is 16.1. The number of aliphatic hydroxyl groups is 1. The third-order valence-electron chi connectivity index (χ3n) is 1.22. The van der Waals surface area contributed by atoms with Crippen LogP contribution in [0.15, 0.2) is 0 Å². The van der Waals surface area contributed by atoms with Crippen molar-refractivity contribution in [2.45, 2.75) is 26.2 Å². The van der Waals surface area contributed by atoms with Crippen LogP contribution in [0.5, 0.6) is 0 Å². The van der Waals surface area contributed by atoms with Gasteiger partial charge in [-0.05, 0) is 33.5 Å². The highest BCUT2D eigenvalue weighted by atomic mass is 16.4. The van der Waals surface area contributed by atoms with Gasteiger partial charge < -0.3 is 15.1 Å². The van der Waals surface area contributed by atoms with Crippen molar-refractivity contribution in [3.8, 4) is 0 Å². The minimum atomic E-state index is -0.711. The lowest BCUT2D eigenvalue weighted by Gasteiger charge is -2.06. The van der Waals surface area contributed by atoms with Gasteiger partial charge in [-0.2, -0.15) is 0 Å². The molecular weight excluding hydrogens is 170 g/mol. The third kappa shape index (κ3) is 24.6. The molecule has 0 saturated heterocycles. The van der Waals surface area contributed by atoms with Crippen molar-refractivity contribution >= 4 is 5.97 Å². The smallest absolute Gasteiger partial charge is 0.303 e. The van der Waals surface area contributed by atoms with E-state index in [1.807, 2.05) is 25.9 Å². The zero-order valence-corrected chi connectivity index (χ0v) is 8.79. The molecule has 4 nitrogen and oxygen atoms in total. The fraction of sp³-hybridized carbons (Fsp3) is 0.889. The molecule has 80 valence electrons. The number of rotatable bonds is 5. The van der Waals surface area contributed by atoms with E-state index < -0.39 is 5.97 Å². The Morgan fingerprint density at radius 2 is 1.85 bits per heavy atom.